The summed E-state index contributed by atoms with van der Waals surface area (Å²) in [4.78, 5) is 37.1. The molecule has 0 radical (unpaired) electrons. The molecule has 7 nitrogen and oxygen atoms in total. The van der Waals surface area contributed by atoms with Gasteiger partial charge in [0.2, 0.25) is 11.8 Å². The van der Waals surface area contributed by atoms with Crippen LogP contribution in [0.3, 0.4) is 0 Å². The lowest BCUT2D eigenvalue weighted by molar-refractivity contribution is -0.384. The third kappa shape index (κ3) is 3.81. The van der Waals surface area contributed by atoms with Gasteiger partial charge in [0.25, 0.3) is 5.69 Å². The number of hydrogen-bond acceptors (Lipinski definition) is 4. The Bertz CT molecular complexity index is 939. The molecule has 3 rings (SSSR count). The summed E-state index contributed by atoms with van der Waals surface area (Å²) >= 11 is 0. The van der Waals surface area contributed by atoms with Crippen LogP contribution in [0.15, 0.2) is 36.4 Å². The summed E-state index contributed by atoms with van der Waals surface area (Å²) in [5.41, 5.74) is 3.97. The van der Waals surface area contributed by atoms with E-state index in [0.717, 1.165) is 16.8 Å². The SMILES string of the molecule is Cc1ccc(C)c(N2CC(C(=O)Nc3ccc([N+](=O)[O-])cc3C)CC2=O)c1. The summed E-state index contributed by atoms with van der Waals surface area (Å²) in [5, 5.41) is 13.6. The molecule has 1 aliphatic rings. The molecule has 27 heavy (non-hydrogen) atoms. The maximum absolute atomic E-state index is 12.6. The van der Waals surface area contributed by atoms with Gasteiger partial charge in [-0.3, -0.25) is 19.7 Å². The molecule has 0 aliphatic carbocycles. The fraction of sp³-hybridized carbons (Fsp3) is 0.300. The van der Waals surface area contributed by atoms with Gasteiger partial charge in [-0.1, -0.05) is 12.1 Å². The van der Waals surface area contributed by atoms with Crippen molar-refractivity contribution in [1.82, 2.24) is 0 Å². The lowest BCUT2D eigenvalue weighted by atomic mass is 10.1. The molecule has 2 aromatic rings. The van der Waals surface area contributed by atoms with Gasteiger partial charge in [0.1, 0.15) is 0 Å². The molecular formula is C20H21N3O4. The molecule has 1 fully saturated rings. The molecule has 140 valence electrons. The number of rotatable bonds is 4. The number of benzene rings is 2. The topological polar surface area (TPSA) is 92.6 Å². The predicted octanol–water partition coefficient (Wildman–Crippen LogP) is 3.51. The second-order valence-corrected chi connectivity index (χ2v) is 6.94. The number of amides is 2. The van der Waals surface area contributed by atoms with Gasteiger partial charge in [-0.2, -0.15) is 0 Å². The lowest BCUT2D eigenvalue weighted by Gasteiger charge is -2.20. The highest BCUT2D eigenvalue weighted by atomic mass is 16.6. The van der Waals surface area contributed by atoms with E-state index in [4.69, 9.17) is 0 Å². The lowest BCUT2D eigenvalue weighted by Crippen LogP contribution is -2.28. The van der Waals surface area contributed by atoms with Gasteiger partial charge >= 0.3 is 0 Å². The van der Waals surface area contributed by atoms with Crippen molar-refractivity contribution in [1.29, 1.82) is 0 Å². The monoisotopic (exact) mass is 367 g/mol. The Balaban J connectivity index is 1.74. The molecule has 2 aromatic carbocycles. The normalized spacial score (nSPS) is 16.5. The van der Waals surface area contributed by atoms with Gasteiger partial charge in [-0.15, -0.1) is 0 Å². The van der Waals surface area contributed by atoms with Crippen molar-refractivity contribution in [2.45, 2.75) is 27.2 Å². The molecule has 7 heteroatoms. The van der Waals surface area contributed by atoms with E-state index < -0.39 is 10.8 Å². The summed E-state index contributed by atoms with van der Waals surface area (Å²) in [5.74, 6) is -0.801. The highest BCUT2D eigenvalue weighted by molar-refractivity contribution is 6.04. The number of nitro groups is 1. The number of nitrogens with zero attached hydrogens (tertiary/aromatic N) is 2. The van der Waals surface area contributed by atoms with Crippen molar-refractivity contribution in [2.75, 3.05) is 16.8 Å². The van der Waals surface area contributed by atoms with E-state index in [1.54, 1.807) is 11.8 Å². The number of nitro benzene ring substituents is 1. The van der Waals surface area contributed by atoms with Crippen LogP contribution in [-0.4, -0.2) is 23.3 Å². The first-order valence-electron chi connectivity index (χ1n) is 8.70. The molecule has 1 N–H and O–H groups in total. The fourth-order valence-electron chi connectivity index (χ4n) is 3.26. The summed E-state index contributed by atoms with van der Waals surface area (Å²) in [6, 6.07) is 10.2. The first kappa shape index (κ1) is 18.6. The third-order valence-corrected chi connectivity index (χ3v) is 4.83. The molecule has 0 bridgehead atoms. The van der Waals surface area contributed by atoms with Crippen LogP contribution < -0.4 is 10.2 Å². The number of anilines is 2. The van der Waals surface area contributed by atoms with Crippen molar-refractivity contribution in [3.05, 3.63) is 63.2 Å². The maximum Gasteiger partial charge on any atom is 0.269 e. The van der Waals surface area contributed by atoms with E-state index in [-0.39, 0.29) is 23.9 Å². The van der Waals surface area contributed by atoms with Gasteiger partial charge in [0.15, 0.2) is 0 Å². The zero-order chi connectivity index (χ0) is 19.7. The fourth-order valence-corrected chi connectivity index (χ4v) is 3.26. The van der Waals surface area contributed by atoms with E-state index in [9.17, 15) is 19.7 Å². The van der Waals surface area contributed by atoms with Gasteiger partial charge in [-0.25, -0.2) is 0 Å². The minimum Gasteiger partial charge on any atom is -0.326 e. The molecule has 1 atom stereocenters. The van der Waals surface area contributed by atoms with Crippen LogP contribution in [0, 0.1) is 36.8 Å². The van der Waals surface area contributed by atoms with Crippen molar-refractivity contribution < 1.29 is 14.5 Å². The first-order chi connectivity index (χ1) is 12.8. The van der Waals surface area contributed by atoms with E-state index in [0.29, 0.717) is 17.8 Å². The summed E-state index contributed by atoms with van der Waals surface area (Å²) < 4.78 is 0. The average Bonchev–Trinajstić information content (AvgIpc) is 3.00. The highest BCUT2D eigenvalue weighted by Gasteiger charge is 2.35. The van der Waals surface area contributed by atoms with Crippen molar-refractivity contribution >= 4 is 28.9 Å². The number of carbonyl (C=O) groups excluding carboxylic acids is 2. The van der Waals surface area contributed by atoms with Crippen LogP contribution >= 0.6 is 0 Å². The first-order valence-corrected chi connectivity index (χ1v) is 8.70. The van der Waals surface area contributed by atoms with E-state index >= 15 is 0 Å². The van der Waals surface area contributed by atoms with Crippen molar-refractivity contribution in [3.8, 4) is 0 Å². The Kier molecular flexibility index (Phi) is 4.94. The van der Waals surface area contributed by atoms with Gasteiger partial charge < -0.3 is 10.2 Å². The summed E-state index contributed by atoms with van der Waals surface area (Å²) in [6.07, 6.45) is 0.144. The molecule has 0 saturated carbocycles. The summed E-state index contributed by atoms with van der Waals surface area (Å²) in [6.45, 7) is 5.92. The van der Waals surface area contributed by atoms with Crippen molar-refractivity contribution in [3.63, 3.8) is 0 Å². The number of hydrogen-bond donors (Lipinski definition) is 1. The Morgan fingerprint density at radius 2 is 1.89 bits per heavy atom. The van der Waals surface area contributed by atoms with Crippen LogP contribution in [-0.2, 0) is 9.59 Å². The Hall–Kier alpha value is -3.22. The molecule has 1 heterocycles. The van der Waals surface area contributed by atoms with Crippen LogP contribution in [0.2, 0.25) is 0 Å². The highest BCUT2D eigenvalue weighted by Crippen LogP contribution is 2.30. The number of nitrogens with one attached hydrogen (secondary N) is 1. The molecular weight excluding hydrogens is 346 g/mol. The Morgan fingerprint density at radius 1 is 1.15 bits per heavy atom. The quantitative estimate of drug-likeness (QED) is 0.661. The molecule has 0 aromatic heterocycles. The number of aryl methyl sites for hydroxylation is 3. The molecule has 1 unspecified atom stereocenters. The predicted molar refractivity (Wildman–Crippen MR) is 103 cm³/mol. The minimum atomic E-state index is -0.476. The Labute approximate surface area is 157 Å². The molecule has 1 saturated heterocycles. The van der Waals surface area contributed by atoms with Gasteiger partial charge in [0, 0.05) is 36.5 Å². The second-order valence-electron chi connectivity index (χ2n) is 6.94. The molecule has 0 spiro atoms. The van der Waals surface area contributed by atoms with E-state index in [1.807, 2.05) is 32.0 Å². The Morgan fingerprint density at radius 3 is 2.56 bits per heavy atom. The minimum absolute atomic E-state index is 0.0253. The third-order valence-electron chi connectivity index (χ3n) is 4.83. The van der Waals surface area contributed by atoms with Crippen LogP contribution in [0.25, 0.3) is 0 Å². The average molecular weight is 367 g/mol. The van der Waals surface area contributed by atoms with E-state index in [1.165, 1.54) is 18.2 Å². The van der Waals surface area contributed by atoms with Crippen LogP contribution in [0.1, 0.15) is 23.1 Å². The molecule has 1 aliphatic heterocycles. The van der Waals surface area contributed by atoms with Gasteiger partial charge in [-0.05, 0) is 49.6 Å². The largest absolute Gasteiger partial charge is 0.326 e. The van der Waals surface area contributed by atoms with E-state index in [2.05, 4.69) is 5.32 Å². The van der Waals surface area contributed by atoms with Crippen molar-refractivity contribution in [2.24, 2.45) is 5.92 Å². The number of non-ortho nitro benzene ring substituents is 1. The second kappa shape index (κ2) is 7.19. The summed E-state index contributed by atoms with van der Waals surface area (Å²) in [7, 11) is 0. The zero-order valence-corrected chi connectivity index (χ0v) is 15.5. The molecule has 2 amide bonds. The number of carbonyl (C=O) groups is 2. The zero-order valence-electron chi connectivity index (χ0n) is 15.5. The van der Waals surface area contributed by atoms with Gasteiger partial charge in [0.05, 0.1) is 10.8 Å². The maximum atomic E-state index is 12.6. The van der Waals surface area contributed by atoms with Crippen LogP contribution in [0.4, 0.5) is 17.1 Å². The smallest absolute Gasteiger partial charge is 0.269 e. The van der Waals surface area contributed by atoms with Crippen LogP contribution in [0.5, 0.6) is 0 Å². The standard InChI is InChI=1S/C20H21N3O4/c1-12-4-5-13(2)18(8-12)22-11-15(10-19(22)24)20(25)21-17-7-6-16(23(26)27)9-14(17)3/h4-9,15H,10-11H2,1-3H3,(H,21,25).